The Bertz CT molecular complexity index is 500. The molecule has 4 nitrogen and oxygen atoms in total. The van der Waals surface area contributed by atoms with Gasteiger partial charge in [0, 0.05) is 10.9 Å². The number of carboxylic acid groups (broad SMARTS) is 1. The summed E-state index contributed by atoms with van der Waals surface area (Å²) in [6, 6.07) is 7.62. The molecule has 0 saturated heterocycles. The van der Waals surface area contributed by atoms with E-state index >= 15 is 0 Å². The largest absolute Gasteiger partial charge is 0.481 e. The van der Waals surface area contributed by atoms with Crippen LogP contribution in [0.5, 0.6) is 0 Å². The molecule has 1 rings (SSSR count). The molecular weight excluding hydrogens is 322 g/mol. The van der Waals surface area contributed by atoms with Gasteiger partial charge in [-0.3, -0.25) is 9.59 Å². The molecule has 1 aromatic rings. The van der Waals surface area contributed by atoms with Crippen LogP contribution in [0.2, 0.25) is 0 Å². The molecule has 0 saturated carbocycles. The van der Waals surface area contributed by atoms with E-state index in [0.717, 1.165) is 10.0 Å². The summed E-state index contributed by atoms with van der Waals surface area (Å²) in [5.74, 6) is -1.02. The number of aliphatic carboxylic acids is 1. The molecule has 1 amide bonds. The minimum Gasteiger partial charge on any atom is -0.481 e. The van der Waals surface area contributed by atoms with Crippen LogP contribution in [0.1, 0.15) is 45.2 Å². The second kappa shape index (κ2) is 6.88. The van der Waals surface area contributed by atoms with E-state index in [4.69, 9.17) is 5.11 Å². The molecule has 2 N–H and O–H groups in total. The van der Waals surface area contributed by atoms with Crippen molar-refractivity contribution in [2.24, 2.45) is 5.41 Å². The quantitative estimate of drug-likeness (QED) is 0.831. The fourth-order valence-corrected chi connectivity index (χ4v) is 2.48. The van der Waals surface area contributed by atoms with Gasteiger partial charge in [-0.1, -0.05) is 41.9 Å². The Kier molecular flexibility index (Phi) is 5.74. The number of hydrogen-bond acceptors (Lipinski definition) is 2. The Morgan fingerprint density at radius 2 is 2.00 bits per heavy atom. The van der Waals surface area contributed by atoms with E-state index in [1.54, 1.807) is 13.8 Å². The topological polar surface area (TPSA) is 66.4 Å². The maximum atomic E-state index is 12.0. The number of benzene rings is 1. The number of carbonyl (C=O) groups excluding carboxylic acids is 1. The van der Waals surface area contributed by atoms with E-state index in [2.05, 4.69) is 21.2 Å². The fraction of sp³-hybridized carbons (Fsp3) is 0.467. The SMILES string of the molecule is CC(NC(=O)CC(C)(C)CC(=O)O)c1cccc(Br)c1. The van der Waals surface area contributed by atoms with Crippen LogP contribution in [0, 0.1) is 5.41 Å². The highest BCUT2D eigenvalue weighted by Gasteiger charge is 2.25. The van der Waals surface area contributed by atoms with Crippen LogP contribution in [-0.4, -0.2) is 17.0 Å². The number of carbonyl (C=O) groups is 2. The lowest BCUT2D eigenvalue weighted by Gasteiger charge is -2.23. The molecule has 0 aliphatic rings. The second-order valence-electron chi connectivity index (χ2n) is 5.76. The molecule has 1 atom stereocenters. The van der Waals surface area contributed by atoms with Gasteiger partial charge >= 0.3 is 5.97 Å². The predicted molar refractivity (Wildman–Crippen MR) is 81.4 cm³/mol. The minimum atomic E-state index is -0.886. The first-order chi connectivity index (χ1) is 9.19. The van der Waals surface area contributed by atoms with Crippen LogP contribution in [0.15, 0.2) is 28.7 Å². The van der Waals surface area contributed by atoms with E-state index in [9.17, 15) is 9.59 Å². The Labute approximate surface area is 127 Å². The first-order valence-corrected chi connectivity index (χ1v) is 7.25. The third kappa shape index (κ3) is 5.74. The van der Waals surface area contributed by atoms with E-state index < -0.39 is 11.4 Å². The molecule has 5 heteroatoms. The molecule has 0 fully saturated rings. The van der Waals surface area contributed by atoms with Gasteiger partial charge in [-0.2, -0.15) is 0 Å². The summed E-state index contributed by atoms with van der Waals surface area (Å²) < 4.78 is 0.960. The number of hydrogen-bond donors (Lipinski definition) is 2. The lowest BCUT2D eigenvalue weighted by molar-refractivity contribution is -0.139. The smallest absolute Gasteiger partial charge is 0.303 e. The zero-order valence-corrected chi connectivity index (χ0v) is 13.5. The number of halogens is 1. The van der Waals surface area contributed by atoms with Crippen molar-refractivity contribution < 1.29 is 14.7 Å². The van der Waals surface area contributed by atoms with Gasteiger partial charge in [0.15, 0.2) is 0 Å². The van der Waals surface area contributed by atoms with Gasteiger partial charge < -0.3 is 10.4 Å². The molecule has 0 radical (unpaired) electrons. The Morgan fingerprint density at radius 3 is 2.55 bits per heavy atom. The van der Waals surface area contributed by atoms with Crippen LogP contribution in [0.25, 0.3) is 0 Å². The number of amides is 1. The molecule has 0 spiro atoms. The highest BCUT2D eigenvalue weighted by molar-refractivity contribution is 9.10. The molecule has 0 aliphatic heterocycles. The Hall–Kier alpha value is -1.36. The molecule has 1 unspecified atom stereocenters. The van der Waals surface area contributed by atoms with Crippen LogP contribution >= 0.6 is 15.9 Å². The maximum Gasteiger partial charge on any atom is 0.303 e. The third-order valence-corrected chi connectivity index (χ3v) is 3.49. The van der Waals surface area contributed by atoms with Gasteiger partial charge in [-0.15, -0.1) is 0 Å². The maximum absolute atomic E-state index is 12.0. The fourth-order valence-electron chi connectivity index (χ4n) is 2.06. The van der Waals surface area contributed by atoms with Crippen LogP contribution in [-0.2, 0) is 9.59 Å². The molecule has 110 valence electrons. The summed E-state index contributed by atoms with van der Waals surface area (Å²) in [4.78, 5) is 22.7. The lowest BCUT2D eigenvalue weighted by Crippen LogP contribution is -2.31. The molecule has 0 heterocycles. The van der Waals surface area contributed by atoms with Crippen LogP contribution in [0.4, 0.5) is 0 Å². The molecule has 1 aromatic carbocycles. The van der Waals surface area contributed by atoms with Gasteiger partial charge in [0.25, 0.3) is 0 Å². The first-order valence-electron chi connectivity index (χ1n) is 6.46. The Morgan fingerprint density at radius 1 is 1.35 bits per heavy atom. The normalized spacial score (nSPS) is 12.8. The number of nitrogens with one attached hydrogen (secondary N) is 1. The summed E-state index contributed by atoms with van der Waals surface area (Å²) in [5, 5.41) is 11.7. The van der Waals surface area contributed by atoms with Gasteiger partial charge in [0.1, 0.15) is 0 Å². The summed E-state index contributed by atoms with van der Waals surface area (Å²) in [6.07, 6.45) is 0.170. The summed E-state index contributed by atoms with van der Waals surface area (Å²) >= 11 is 3.39. The van der Waals surface area contributed by atoms with E-state index in [0.29, 0.717) is 0 Å². The Balaban J connectivity index is 2.60. The zero-order chi connectivity index (χ0) is 15.3. The average Bonchev–Trinajstić information content (AvgIpc) is 2.25. The van der Waals surface area contributed by atoms with Crippen molar-refractivity contribution in [3.63, 3.8) is 0 Å². The molecule has 20 heavy (non-hydrogen) atoms. The monoisotopic (exact) mass is 341 g/mol. The molecule has 0 aliphatic carbocycles. The predicted octanol–water partition coefficient (Wildman–Crippen LogP) is 3.52. The van der Waals surface area contributed by atoms with Crippen molar-refractivity contribution in [3.8, 4) is 0 Å². The van der Waals surface area contributed by atoms with Gasteiger partial charge in [-0.05, 0) is 30.0 Å². The molecule has 0 aromatic heterocycles. The van der Waals surface area contributed by atoms with Crippen molar-refractivity contribution in [1.82, 2.24) is 5.32 Å². The third-order valence-electron chi connectivity index (χ3n) is 3.00. The first kappa shape index (κ1) is 16.7. The average molecular weight is 342 g/mol. The van der Waals surface area contributed by atoms with E-state index in [-0.39, 0.29) is 24.8 Å². The minimum absolute atomic E-state index is 0.0221. The lowest BCUT2D eigenvalue weighted by atomic mass is 9.85. The highest BCUT2D eigenvalue weighted by atomic mass is 79.9. The zero-order valence-electron chi connectivity index (χ0n) is 11.9. The van der Waals surface area contributed by atoms with Crippen molar-refractivity contribution in [2.45, 2.75) is 39.7 Å². The highest BCUT2D eigenvalue weighted by Crippen LogP contribution is 2.25. The molecular formula is C15H20BrNO3. The summed E-state index contributed by atoms with van der Waals surface area (Å²) in [7, 11) is 0. The second-order valence-corrected chi connectivity index (χ2v) is 6.67. The van der Waals surface area contributed by atoms with E-state index in [1.165, 1.54) is 0 Å². The molecule has 0 bridgehead atoms. The van der Waals surface area contributed by atoms with Crippen molar-refractivity contribution >= 4 is 27.8 Å². The van der Waals surface area contributed by atoms with E-state index in [1.807, 2.05) is 31.2 Å². The van der Waals surface area contributed by atoms with Gasteiger partial charge in [0.05, 0.1) is 12.5 Å². The van der Waals surface area contributed by atoms with Crippen molar-refractivity contribution in [2.75, 3.05) is 0 Å². The number of rotatable bonds is 6. The summed E-state index contributed by atoms with van der Waals surface area (Å²) in [6.45, 7) is 5.47. The van der Waals surface area contributed by atoms with Crippen molar-refractivity contribution in [3.05, 3.63) is 34.3 Å². The summed E-state index contributed by atoms with van der Waals surface area (Å²) in [5.41, 5.74) is 0.455. The van der Waals surface area contributed by atoms with Gasteiger partial charge in [0.2, 0.25) is 5.91 Å². The van der Waals surface area contributed by atoms with Crippen LogP contribution < -0.4 is 5.32 Å². The van der Waals surface area contributed by atoms with Gasteiger partial charge in [-0.25, -0.2) is 0 Å². The van der Waals surface area contributed by atoms with Crippen LogP contribution in [0.3, 0.4) is 0 Å². The number of carboxylic acids is 1. The standard InChI is InChI=1S/C15H20BrNO3/c1-10(11-5-4-6-12(16)7-11)17-13(18)8-15(2,3)9-14(19)20/h4-7,10H,8-9H2,1-3H3,(H,17,18)(H,19,20). The van der Waals surface area contributed by atoms with Crippen molar-refractivity contribution in [1.29, 1.82) is 0 Å².